The van der Waals surface area contributed by atoms with Gasteiger partial charge in [0.15, 0.2) is 0 Å². The first kappa shape index (κ1) is 29.7. The average Bonchev–Trinajstić information content (AvgIpc) is 2.79. The fourth-order valence-corrected chi connectivity index (χ4v) is 4.84. The lowest BCUT2D eigenvalue weighted by Crippen LogP contribution is -2.51. The van der Waals surface area contributed by atoms with Crippen LogP contribution < -0.4 is 14.4 Å². The molecule has 0 aliphatic rings. The number of amides is 2. The smallest absolute Gasteiger partial charge is 0.244 e. The Morgan fingerprint density at radius 3 is 2.22 bits per heavy atom. The van der Waals surface area contributed by atoms with Crippen molar-refractivity contribution in [3.05, 3.63) is 57.6 Å². The molecule has 0 fully saturated rings. The number of carbonyl (C=O) groups excluding carboxylic acids is 2. The molecule has 0 spiro atoms. The van der Waals surface area contributed by atoms with Crippen molar-refractivity contribution in [3.63, 3.8) is 0 Å². The maximum absolute atomic E-state index is 13.7. The Morgan fingerprint density at radius 2 is 1.69 bits per heavy atom. The molecule has 2 amide bonds. The zero-order valence-electron chi connectivity index (χ0n) is 21.3. The molecule has 2 rings (SSSR count). The molecular formula is C25H33Cl2N3O5S. The fourth-order valence-electron chi connectivity index (χ4n) is 3.48. The summed E-state index contributed by atoms with van der Waals surface area (Å²) in [5.74, 6) is -0.480. The van der Waals surface area contributed by atoms with Crippen LogP contribution in [0, 0.1) is 12.8 Å². The topological polar surface area (TPSA) is 96.0 Å². The summed E-state index contributed by atoms with van der Waals surface area (Å²) in [7, 11) is -2.48. The highest BCUT2D eigenvalue weighted by atomic mass is 35.5. The molecule has 36 heavy (non-hydrogen) atoms. The van der Waals surface area contributed by atoms with Crippen molar-refractivity contribution in [1.82, 2.24) is 10.2 Å². The van der Waals surface area contributed by atoms with Crippen LogP contribution in [0.5, 0.6) is 5.75 Å². The quantitative estimate of drug-likeness (QED) is 0.445. The first-order valence-electron chi connectivity index (χ1n) is 11.4. The molecule has 11 heteroatoms. The van der Waals surface area contributed by atoms with Gasteiger partial charge in [-0.1, -0.05) is 49.2 Å². The van der Waals surface area contributed by atoms with E-state index in [-0.39, 0.29) is 24.1 Å². The van der Waals surface area contributed by atoms with Gasteiger partial charge in [-0.05, 0) is 49.6 Å². The molecule has 2 aromatic carbocycles. The number of anilines is 1. The number of sulfonamides is 1. The number of ether oxygens (including phenoxy) is 1. The molecule has 0 bridgehead atoms. The Labute approximate surface area is 223 Å². The maximum atomic E-state index is 13.7. The minimum atomic E-state index is -3.90. The van der Waals surface area contributed by atoms with Crippen molar-refractivity contribution in [2.75, 3.05) is 30.8 Å². The molecule has 0 radical (unpaired) electrons. The second-order valence-electron chi connectivity index (χ2n) is 8.98. The third-order valence-corrected chi connectivity index (χ3v) is 7.36. The highest BCUT2D eigenvalue weighted by molar-refractivity contribution is 7.92. The predicted molar refractivity (Wildman–Crippen MR) is 144 cm³/mol. The normalized spacial score (nSPS) is 12.2. The van der Waals surface area contributed by atoms with E-state index < -0.39 is 28.5 Å². The van der Waals surface area contributed by atoms with Crippen molar-refractivity contribution in [2.24, 2.45) is 5.92 Å². The van der Waals surface area contributed by atoms with E-state index in [2.05, 4.69) is 5.32 Å². The summed E-state index contributed by atoms with van der Waals surface area (Å²) < 4.78 is 31.9. The predicted octanol–water partition coefficient (Wildman–Crippen LogP) is 4.27. The van der Waals surface area contributed by atoms with E-state index in [1.54, 1.807) is 50.2 Å². The van der Waals surface area contributed by atoms with Crippen LogP contribution in [0.4, 0.5) is 5.69 Å². The van der Waals surface area contributed by atoms with E-state index >= 15 is 0 Å². The van der Waals surface area contributed by atoms with E-state index in [0.717, 1.165) is 16.1 Å². The minimum Gasteiger partial charge on any atom is -0.495 e. The Hall–Kier alpha value is -2.49. The molecule has 2 aromatic rings. The highest BCUT2D eigenvalue weighted by Crippen LogP contribution is 2.32. The summed E-state index contributed by atoms with van der Waals surface area (Å²) >= 11 is 12.7. The van der Waals surface area contributed by atoms with E-state index in [1.807, 2.05) is 13.8 Å². The first-order valence-corrected chi connectivity index (χ1v) is 14.0. The number of nitrogens with one attached hydrogen (secondary N) is 1. The zero-order valence-corrected chi connectivity index (χ0v) is 23.7. The Morgan fingerprint density at radius 1 is 1.08 bits per heavy atom. The van der Waals surface area contributed by atoms with Crippen molar-refractivity contribution >= 4 is 50.7 Å². The van der Waals surface area contributed by atoms with Gasteiger partial charge in [-0.3, -0.25) is 13.9 Å². The van der Waals surface area contributed by atoms with Gasteiger partial charge in [0.05, 0.1) is 19.1 Å². The number of carbonyl (C=O) groups is 2. The van der Waals surface area contributed by atoms with Crippen molar-refractivity contribution in [3.8, 4) is 5.75 Å². The van der Waals surface area contributed by atoms with Crippen LogP contribution in [0.15, 0.2) is 36.4 Å². The lowest BCUT2D eigenvalue weighted by Gasteiger charge is -2.32. The molecular weight excluding hydrogens is 525 g/mol. The van der Waals surface area contributed by atoms with Gasteiger partial charge in [0.2, 0.25) is 21.8 Å². The second-order valence-corrected chi connectivity index (χ2v) is 11.7. The van der Waals surface area contributed by atoms with Gasteiger partial charge in [-0.25, -0.2) is 8.42 Å². The van der Waals surface area contributed by atoms with Gasteiger partial charge < -0.3 is 15.0 Å². The third kappa shape index (κ3) is 7.75. The fraction of sp³-hybridized carbons (Fsp3) is 0.440. The number of aryl methyl sites for hydroxylation is 1. The number of methoxy groups -OCH3 is 1. The summed E-state index contributed by atoms with van der Waals surface area (Å²) in [6.45, 7) is 7.08. The summed E-state index contributed by atoms with van der Waals surface area (Å²) in [5, 5.41) is 3.48. The van der Waals surface area contributed by atoms with Gasteiger partial charge in [-0.15, -0.1) is 0 Å². The van der Waals surface area contributed by atoms with Crippen LogP contribution in [-0.2, 0) is 26.2 Å². The number of hydrogen-bond donors (Lipinski definition) is 1. The maximum Gasteiger partial charge on any atom is 0.244 e. The summed E-state index contributed by atoms with van der Waals surface area (Å²) in [6.07, 6.45) is 1.01. The van der Waals surface area contributed by atoms with Gasteiger partial charge in [0.1, 0.15) is 18.3 Å². The molecule has 0 aliphatic carbocycles. The monoisotopic (exact) mass is 557 g/mol. The third-order valence-electron chi connectivity index (χ3n) is 5.52. The Bertz CT molecular complexity index is 1180. The molecule has 1 atom stereocenters. The highest BCUT2D eigenvalue weighted by Gasteiger charge is 2.32. The summed E-state index contributed by atoms with van der Waals surface area (Å²) in [4.78, 5) is 27.9. The number of hydrogen-bond acceptors (Lipinski definition) is 5. The van der Waals surface area contributed by atoms with Crippen molar-refractivity contribution in [2.45, 2.75) is 40.3 Å². The number of halogens is 2. The molecule has 1 N–H and O–H groups in total. The molecule has 0 saturated heterocycles. The SMILES string of the molecule is COc1ccc(C)cc1N(CC(=O)N(Cc1c(Cl)cccc1Cl)C(C)C(=O)NCC(C)C)S(C)(=O)=O. The van der Waals surface area contributed by atoms with Gasteiger partial charge in [-0.2, -0.15) is 0 Å². The molecule has 8 nitrogen and oxygen atoms in total. The van der Waals surface area contributed by atoms with Gasteiger partial charge in [0, 0.05) is 28.7 Å². The van der Waals surface area contributed by atoms with Crippen molar-refractivity contribution in [1.29, 1.82) is 0 Å². The standard InChI is InChI=1S/C25H33Cl2N3O5S/c1-16(2)13-28-25(32)18(4)29(14-19-20(26)8-7-9-21(19)27)24(31)15-30(36(6,33)34)22-12-17(3)10-11-23(22)35-5/h7-12,16,18H,13-15H2,1-6H3,(H,28,32). The molecule has 0 heterocycles. The van der Waals surface area contributed by atoms with Crippen LogP contribution in [0.1, 0.15) is 31.9 Å². The largest absolute Gasteiger partial charge is 0.495 e. The van der Waals surface area contributed by atoms with Gasteiger partial charge in [0.25, 0.3) is 0 Å². The number of benzene rings is 2. The summed E-state index contributed by atoms with van der Waals surface area (Å²) in [6, 6.07) is 9.05. The van der Waals surface area contributed by atoms with E-state index in [4.69, 9.17) is 27.9 Å². The second kappa shape index (κ2) is 12.7. The first-order chi connectivity index (χ1) is 16.8. The number of rotatable bonds is 11. The minimum absolute atomic E-state index is 0.0871. The van der Waals surface area contributed by atoms with E-state index in [9.17, 15) is 18.0 Å². The molecule has 198 valence electrons. The van der Waals surface area contributed by atoms with Crippen molar-refractivity contribution < 1.29 is 22.7 Å². The molecule has 0 aliphatic heterocycles. The van der Waals surface area contributed by atoms with Crippen LogP contribution in [0.2, 0.25) is 10.0 Å². The van der Waals surface area contributed by atoms with Crippen LogP contribution >= 0.6 is 23.2 Å². The Kier molecular flexibility index (Phi) is 10.5. The van der Waals surface area contributed by atoms with E-state index in [1.165, 1.54) is 12.0 Å². The zero-order chi connectivity index (χ0) is 27.2. The molecule has 1 unspecified atom stereocenters. The molecule has 0 saturated carbocycles. The van der Waals surface area contributed by atoms with Crippen LogP contribution in [0.3, 0.4) is 0 Å². The molecule has 0 aromatic heterocycles. The van der Waals surface area contributed by atoms with Crippen LogP contribution in [0.25, 0.3) is 0 Å². The Balaban J connectivity index is 2.50. The lowest BCUT2D eigenvalue weighted by atomic mass is 10.1. The van der Waals surface area contributed by atoms with Crippen LogP contribution in [-0.4, -0.2) is 57.6 Å². The summed E-state index contributed by atoms with van der Waals surface area (Å²) in [5.41, 5.74) is 1.46. The van der Waals surface area contributed by atoms with E-state index in [0.29, 0.717) is 27.9 Å². The van der Waals surface area contributed by atoms with Gasteiger partial charge >= 0.3 is 0 Å². The average molecular weight is 559 g/mol. The number of nitrogens with zero attached hydrogens (tertiary/aromatic N) is 2. The lowest BCUT2D eigenvalue weighted by molar-refractivity contribution is -0.139.